The Labute approximate surface area is 247 Å². The smallest absolute Gasteiger partial charge is 0.264 e. The van der Waals surface area contributed by atoms with Crippen molar-refractivity contribution < 1.29 is 17.9 Å². The fourth-order valence-electron chi connectivity index (χ4n) is 5.27. The lowest BCUT2D eigenvalue weighted by molar-refractivity contribution is 0.0487. The van der Waals surface area contributed by atoms with Crippen molar-refractivity contribution in [3.05, 3.63) is 130 Å². The fourth-order valence-corrected chi connectivity index (χ4v) is 6.97. The molecule has 4 aromatic carbocycles. The maximum atomic E-state index is 13.8. The highest BCUT2D eigenvalue weighted by Crippen LogP contribution is 2.34. The molecule has 1 aliphatic heterocycles. The van der Waals surface area contributed by atoms with Gasteiger partial charge in [-0.2, -0.15) is 0 Å². The number of anilines is 1. The van der Waals surface area contributed by atoms with E-state index in [0.717, 1.165) is 24.0 Å². The molecule has 5 rings (SSSR count). The number of aryl methyl sites for hydroxylation is 1. The van der Waals surface area contributed by atoms with Gasteiger partial charge in [0.1, 0.15) is 0 Å². The molecule has 4 aromatic rings. The van der Waals surface area contributed by atoms with Crippen LogP contribution in [0.5, 0.6) is 0 Å². The highest BCUT2D eigenvalue weighted by Gasteiger charge is 2.35. The second-order valence-electron chi connectivity index (χ2n) is 10.4. The Hall–Kier alpha value is -3.65. The molecule has 212 valence electrons. The Morgan fingerprint density at radius 3 is 2.20 bits per heavy atom. The first-order valence-electron chi connectivity index (χ1n) is 13.6. The van der Waals surface area contributed by atoms with Crippen LogP contribution in [0.3, 0.4) is 0 Å². The second kappa shape index (κ2) is 12.5. The van der Waals surface area contributed by atoms with E-state index in [1.807, 2.05) is 25.1 Å². The molecule has 1 amide bonds. The molecule has 0 bridgehead atoms. The minimum Gasteiger partial charge on any atom is -0.381 e. The molecule has 0 saturated carbocycles. The van der Waals surface area contributed by atoms with Gasteiger partial charge in [-0.1, -0.05) is 78.3 Å². The third-order valence-corrected chi connectivity index (χ3v) is 9.75. The number of halogens is 1. The molecule has 1 N–H and O–H groups in total. The standard InChI is InChI=1S/C33H33ClN2O4S/c1-25-12-17-29(34)22-31(25)36(41(38,39)30-10-6-3-7-11-30)23-26-13-15-27(16-14-26)32(37)35-24-33(18-20-40-21-19-33)28-8-4-2-5-9-28/h2-17,22H,18-21,23-24H2,1H3,(H,35,37). The molecule has 1 heterocycles. The van der Waals surface area contributed by atoms with Crippen LogP contribution in [0.2, 0.25) is 5.02 Å². The van der Waals surface area contributed by atoms with Crippen LogP contribution in [0, 0.1) is 6.92 Å². The zero-order valence-corrected chi connectivity index (χ0v) is 24.5. The highest BCUT2D eigenvalue weighted by atomic mass is 35.5. The Balaban J connectivity index is 1.36. The number of carbonyl (C=O) groups excluding carboxylic acids is 1. The molecule has 0 spiro atoms. The molecule has 1 saturated heterocycles. The van der Waals surface area contributed by atoms with Crippen molar-refractivity contribution in [3.63, 3.8) is 0 Å². The van der Waals surface area contributed by atoms with Gasteiger partial charge in [0.05, 0.1) is 17.1 Å². The molecule has 0 atom stereocenters. The number of ether oxygens (including phenoxy) is 1. The van der Waals surface area contributed by atoms with Crippen LogP contribution in [-0.2, 0) is 26.7 Å². The number of nitrogens with one attached hydrogen (secondary N) is 1. The van der Waals surface area contributed by atoms with Crippen LogP contribution in [0.15, 0.2) is 108 Å². The van der Waals surface area contributed by atoms with Crippen molar-refractivity contribution >= 4 is 33.2 Å². The summed E-state index contributed by atoms with van der Waals surface area (Å²) in [6.45, 7) is 3.77. The summed E-state index contributed by atoms with van der Waals surface area (Å²) in [7, 11) is -3.89. The lowest BCUT2D eigenvalue weighted by atomic mass is 9.74. The average Bonchev–Trinajstić information content (AvgIpc) is 3.01. The maximum absolute atomic E-state index is 13.8. The first-order chi connectivity index (χ1) is 19.8. The van der Waals surface area contributed by atoms with Crippen LogP contribution in [-0.4, -0.2) is 34.1 Å². The summed E-state index contributed by atoms with van der Waals surface area (Å²) in [5.41, 5.74) is 3.58. The van der Waals surface area contributed by atoms with E-state index in [-0.39, 0.29) is 22.8 Å². The van der Waals surface area contributed by atoms with Crippen LogP contribution < -0.4 is 9.62 Å². The third kappa shape index (κ3) is 6.48. The lowest BCUT2D eigenvalue weighted by Gasteiger charge is -2.38. The van der Waals surface area contributed by atoms with E-state index in [1.165, 1.54) is 9.87 Å². The fraction of sp³-hybridized carbons (Fsp3) is 0.242. The van der Waals surface area contributed by atoms with Crippen LogP contribution >= 0.6 is 11.6 Å². The number of sulfonamides is 1. The van der Waals surface area contributed by atoms with Gasteiger partial charge in [-0.05, 0) is 72.9 Å². The number of rotatable bonds is 9. The van der Waals surface area contributed by atoms with E-state index in [1.54, 1.807) is 72.8 Å². The van der Waals surface area contributed by atoms with E-state index in [0.29, 0.717) is 36.0 Å². The predicted octanol–water partition coefficient (Wildman–Crippen LogP) is 6.52. The van der Waals surface area contributed by atoms with E-state index in [4.69, 9.17) is 16.3 Å². The molecule has 0 radical (unpaired) electrons. The Morgan fingerprint density at radius 2 is 1.54 bits per heavy atom. The molecule has 1 fully saturated rings. The van der Waals surface area contributed by atoms with Gasteiger partial charge in [0.25, 0.3) is 15.9 Å². The van der Waals surface area contributed by atoms with Crippen molar-refractivity contribution in [2.24, 2.45) is 0 Å². The largest absolute Gasteiger partial charge is 0.381 e. The van der Waals surface area contributed by atoms with Gasteiger partial charge in [-0.3, -0.25) is 9.10 Å². The summed E-state index contributed by atoms with van der Waals surface area (Å²) in [6, 6.07) is 30.9. The van der Waals surface area contributed by atoms with Crippen molar-refractivity contribution in [2.75, 3.05) is 24.1 Å². The summed E-state index contributed by atoms with van der Waals surface area (Å²) in [6.07, 6.45) is 1.68. The number of benzene rings is 4. The molecule has 0 aromatic heterocycles. The summed E-state index contributed by atoms with van der Waals surface area (Å²) in [4.78, 5) is 13.4. The van der Waals surface area contributed by atoms with E-state index in [9.17, 15) is 13.2 Å². The van der Waals surface area contributed by atoms with Gasteiger partial charge in [-0.25, -0.2) is 8.42 Å². The first-order valence-corrected chi connectivity index (χ1v) is 15.4. The predicted molar refractivity (Wildman–Crippen MR) is 163 cm³/mol. The average molecular weight is 589 g/mol. The number of hydrogen-bond acceptors (Lipinski definition) is 4. The number of nitrogens with zero attached hydrogens (tertiary/aromatic N) is 1. The SMILES string of the molecule is Cc1ccc(Cl)cc1N(Cc1ccc(C(=O)NCC2(c3ccccc3)CCOCC2)cc1)S(=O)(=O)c1ccccc1. The molecular formula is C33H33ClN2O4S. The number of carbonyl (C=O) groups is 1. The maximum Gasteiger partial charge on any atom is 0.264 e. The van der Waals surface area contributed by atoms with Gasteiger partial charge in [0.15, 0.2) is 0 Å². The zero-order chi connectivity index (χ0) is 28.9. The van der Waals surface area contributed by atoms with Crippen molar-refractivity contribution in [1.29, 1.82) is 0 Å². The highest BCUT2D eigenvalue weighted by molar-refractivity contribution is 7.92. The van der Waals surface area contributed by atoms with E-state index >= 15 is 0 Å². The van der Waals surface area contributed by atoms with Crippen LogP contribution in [0.25, 0.3) is 0 Å². The minimum absolute atomic E-state index is 0.0808. The molecule has 0 unspecified atom stereocenters. The zero-order valence-electron chi connectivity index (χ0n) is 22.9. The molecule has 8 heteroatoms. The minimum atomic E-state index is -3.89. The van der Waals surface area contributed by atoms with Crippen molar-refractivity contribution in [3.8, 4) is 0 Å². The van der Waals surface area contributed by atoms with Gasteiger partial charge in [0.2, 0.25) is 0 Å². The normalized spacial score (nSPS) is 14.8. The molecule has 1 aliphatic rings. The van der Waals surface area contributed by atoms with E-state index < -0.39 is 10.0 Å². The Kier molecular flexibility index (Phi) is 8.78. The van der Waals surface area contributed by atoms with Gasteiger partial charge < -0.3 is 10.1 Å². The summed E-state index contributed by atoms with van der Waals surface area (Å²) in [5.74, 6) is -0.169. The Bertz CT molecular complexity index is 1590. The van der Waals surface area contributed by atoms with Crippen LogP contribution in [0.4, 0.5) is 5.69 Å². The molecule has 41 heavy (non-hydrogen) atoms. The summed E-state index contributed by atoms with van der Waals surface area (Å²) in [5, 5.41) is 3.59. The van der Waals surface area contributed by atoms with Crippen molar-refractivity contribution in [1.82, 2.24) is 5.32 Å². The second-order valence-corrected chi connectivity index (χ2v) is 12.7. The van der Waals surface area contributed by atoms with Gasteiger partial charge in [0, 0.05) is 35.8 Å². The summed E-state index contributed by atoms with van der Waals surface area (Å²) >= 11 is 6.28. The molecule has 6 nitrogen and oxygen atoms in total. The van der Waals surface area contributed by atoms with Crippen molar-refractivity contribution in [2.45, 2.75) is 36.6 Å². The topological polar surface area (TPSA) is 75.7 Å². The lowest BCUT2D eigenvalue weighted by Crippen LogP contribution is -2.44. The first kappa shape index (κ1) is 28.9. The molecule has 0 aliphatic carbocycles. The van der Waals surface area contributed by atoms with Gasteiger partial charge >= 0.3 is 0 Å². The third-order valence-electron chi connectivity index (χ3n) is 7.74. The summed E-state index contributed by atoms with van der Waals surface area (Å²) < 4.78 is 34.5. The number of amides is 1. The monoisotopic (exact) mass is 588 g/mol. The van der Waals surface area contributed by atoms with Gasteiger partial charge in [-0.15, -0.1) is 0 Å². The quantitative estimate of drug-likeness (QED) is 0.241. The van der Waals surface area contributed by atoms with E-state index in [2.05, 4.69) is 17.4 Å². The number of hydrogen-bond donors (Lipinski definition) is 1. The molecular weight excluding hydrogens is 556 g/mol. The van der Waals surface area contributed by atoms with Crippen LogP contribution in [0.1, 0.15) is 39.9 Å². The Morgan fingerprint density at radius 1 is 0.902 bits per heavy atom.